The van der Waals surface area contributed by atoms with Crippen LogP contribution in [0, 0.1) is 0 Å². The smallest absolute Gasteiger partial charge is 0.0935 e. The first-order valence-electron chi connectivity index (χ1n) is 6.86. The average Bonchev–Trinajstić information content (AvgIpc) is 3.00. The van der Waals surface area contributed by atoms with E-state index in [1.54, 1.807) is 0 Å². The zero-order chi connectivity index (χ0) is 14.1. The minimum absolute atomic E-state index is 0.887. The van der Waals surface area contributed by atoms with Crippen LogP contribution in [0.25, 0.3) is 33.3 Å². The summed E-state index contributed by atoms with van der Waals surface area (Å²) in [6.45, 7) is 0. The van der Waals surface area contributed by atoms with Crippen LogP contribution in [0.5, 0.6) is 0 Å². The number of H-pyrrole nitrogens is 1. The molecule has 0 aliphatic rings. The molecule has 0 bridgehead atoms. The van der Waals surface area contributed by atoms with Crippen LogP contribution in [0.1, 0.15) is 0 Å². The summed E-state index contributed by atoms with van der Waals surface area (Å²) < 4.78 is 0. The Bertz CT molecular complexity index is 894. The standard InChI is InChI=1S/C18H13N3/c1-2-6-13(7-3-1)18-10-14(11-20-21-18)16-12-19-17-9-5-4-8-15(16)17/h1-12,19H. The van der Waals surface area contributed by atoms with Crippen molar-refractivity contribution in [3.05, 3.63) is 73.1 Å². The number of aromatic nitrogens is 3. The lowest BCUT2D eigenvalue weighted by Crippen LogP contribution is -1.88. The van der Waals surface area contributed by atoms with Crippen LogP contribution in [-0.4, -0.2) is 15.2 Å². The molecule has 2 heterocycles. The van der Waals surface area contributed by atoms with Crippen LogP contribution in [-0.2, 0) is 0 Å². The Kier molecular flexibility index (Phi) is 2.75. The molecule has 0 fully saturated rings. The van der Waals surface area contributed by atoms with E-state index in [2.05, 4.69) is 33.4 Å². The van der Waals surface area contributed by atoms with E-state index in [-0.39, 0.29) is 0 Å². The highest BCUT2D eigenvalue weighted by Gasteiger charge is 2.08. The zero-order valence-electron chi connectivity index (χ0n) is 11.3. The SMILES string of the molecule is c1ccc(-c2cc(-c3c[nH]c4ccccc34)cnn2)cc1. The van der Waals surface area contributed by atoms with Crippen molar-refractivity contribution in [2.45, 2.75) is 0 Å². The van der Waals surface area contributed by atoms with Crippen molar-refractivity contribution in [1.29, 1.82) is 0 Å². The van der Waals surface area contributed by atoms with Crippen molar-refractivity contribution in [2.24, 2.45) is 0 Å². The number of nitrogens with zero attached hydrogens (tertiary/aromatic N) is 2. The molecule has 0 saturated heterocycles. The molecule has 2 aromatic carbocycles. The van der Waals surface area contributed by atoms with E-state index < -0.39 is 0 Å². The molecule has 4 rings (SSSR count). The first kappa shape index (κ1) is 11.9. The third-order valence-electron chi connectivity index (χ3n) is 3.62. The van der Waals surface area contributed by atoms with Crippen molar-refractivity contribution in [3.8, 4) is 22.4 Å². The molecule has 0 radical (unpaired) electrons. The van der Waals surface area contributed by atoms with E-state index in [0.717, 1.165) is 27.9 Å². The normalized spacial score (nSPS) is 10.9. The number of benzene rings is 2. The van der Waals surface area contributed by atoms with Gasteiger partial charge in [0.2, 0.25) is 0 Å². The molecule has 100 valence electrons. The van der Waals surface area contributed by atoms with Gasteiger partial charge in [-0.05, 0) is 12.1 Å². The first-order valence-corrected chi connectivity index (χ1v) is 6.86. The Balaban J connectivity index is 1.87. The minimum Gasteiger partial charge on any atom is -0.361 e. The van der Waals surface area contributed by atoms with Crippen molar-refractivity contribution in [1.82, 2.24) is 15.2 Å². The summed E-state index contributed by atoms with van der Waals surface area (Å²) in [5.74, 6) is 0. The molecule has 0 aliphatic carbocycles. The summed E-state index contributed by atoms with van der Waals surface area (Å²) in [5.41, 5.74) is 5.31. The van der Waals surface area contributed by atoms with Crippen molar-refractivity contribution < 1.29 is 0 Å². The highest BCUT2D eigenvalue weighted by atomic mass is 15.1. The van der Waals surface area contributed by atoms with Crippen LogP contribution < -0.4 is 0 Å². The van der Waals surface area contributed by atoms with Gasteiger partial charge in [-0.3, -0.25) is 0 Å². The van der Waals surface area contributed by atoms with E-state index in [1.165, 1.54) is 5.39 Å². The largest absolute Gasteiger partial charge is 0.361 e. The molecular weight excluding hydrogens is 258 g/mol. The Hall–Kier alpha value is -2.94. The van der Waals surface area contributed by atoms with Gasteiger partial charge in [0.15, 0.2) is 0 Å². The molecule has 3 heteroatoms. The van der Waals surface area contributed by atoms with Gasteiger partial charge >= 0.3 is 0 Å². The van der Waals surface area contributed by atoms with Gasteiger partial charge in [-0.1, -0.05) is 48.5 Å². The fourth-order valence-electron chi connectivity index (χ4n) is 2.57. The summed E-state index contributed by atoms with van der Waals surface area (Å²) in [6, 6.07) is 20.5. The van der Waals surface area contributed by atoms with Crippen LogP contribution in [0.15, 0.2) is 73.1 Å². The third kappa shape index (κ3) is 2.09. The van der Waals surface area contributed by atoms with Gasteiger partial charge in [-0.15, -0.1) is 0 Å². The molecule has 0 amide bonds. The summed E-state index contributed by atoms with van der Waals surface area (Å²) in [5, 5.41) is 9.60. The minimum atomic E-state index is 0.887. The number of para-hydroxylation sites is 1. The number of nitrogens with one attached hydrogen (secondary N) is 1. The van der Waals surface area contributed by atoms with Gasteiger partial charge < -0.3 is 4.98 Å². The molecule has 0 unspecified atom stereocenters. The predicted molar refractivity (Wildman–Crippen MR) is 84.8 cm³/mol. The molecule has 21 heavy (non-hydrogen) atoms. The van der Waals surface area contributed by atoms with Crippen LogP contribution >= 0.6 is 0 Å². The van der Waals surface area contributed by atoms with Gasteiger partial charge in [0.1, 0.15) is 0 Å². The average molecular weight is 271 g/mol. The lowest BCUT2D eigenvalue weighted by atomic mass is 10.0. The summed E-state index contributed by atoms with van der Waals surface area (Å²) in [4.78, 5) is 3.30. The van der Waals surface area contributed by atoms with Crippen molar-refractivity contribution >= 4 is 10.9 Å². The highest BCUT2D eigenvalue weighted by Crippen LogP contribution is 2.29. The first-order chi connectivity index (χ1) is 10.4. The second-order valence-corrected chi connectivity index (χ2v) is 4.94. The van der Waals surface area contributed by atoms with E-state index in [0.29, 0.717) is 0 Å². The van der Waals surface area contributed by atoms with Gasteiger partial charge in [0, 0.05) is 33.8 Å². The Morgan fingerprint density at radius 3 is 2.52 bits per heavy atom. The van der Waals surface area contributed by atoms with E-state index in [9.17, 15) is 0 Å². The third-order valence-corrected chi connectivity index (χ3v) is 3.62. The monoisotopic (exact) mass is 271 g/mol. The topological polar surface area (TPSA) is 41.6 Å². The number of hydrogen-bond acceptors (Lipinski definition) is 2. The number of aromatic amines is 1. The molecule has 2 aromatic heterocycles. The van der Waals surface area contributed by atoms with Gasteiger partial charge in [0.25, 0.3) is 0 Å². The Morgan fingerprint density at radius 2 is 1.62 bits per heavy atom. The molecule has 3 nitrogen and oxygen atoms in total. The quantitative estimate of drug-likeness (QED) is 0.591. The Labute approximate surface area is 122 Å². The van der Waals surface area contributed by atoms with Crippen LogP contribution in [0.2, 0.25) is 0 Å². The maximum Gasteiger partial charge on any atom is 0.0935 e. The van der Waals surface area contributed by atoms with Crippen molar-refractivity contribution in [3.63, 3.8) is 0 Å². The van der Waals surface area contributed by atoms with E-state index in [1.807, 2.05) is 54.9 Å². The maximum atomic E-state index is 4.24. The molecular formula is C18H13N3. The number of fused-ring (bicyclic) bond motifs is 1. The molecule has 0 saturated carbocycles. The van der Waals surface area contributed by atoms with Crippen molar-refractivity contribution in [2.75, 3.05) is 0 Å². The predicted octanol–water partition coefficient (Wildman–Crippen LogP) is 4.29. The molecule has 0 atom stereocenters. The lowest BCUT2D eigenvalue weighted by molar-refractivity contribution is 1.04. The van der Waals surface area contributed by atoms with Gasteiger partial charge in [-0.2, -0.15) is 10.2 Å². The molecule has 4 aromatic rings. The second kappa shape index (κ2) is 4.87. The zero-order valence-corrected chi connectivity index (χ0v) is 11.3. The molecule has 0 spiro atoms. The molecule has 1 N–H and O–H groups in total. The lowest BCUT2D eigenvalue weighted by Gasteiger charge is -2.03. The number of hydrogen-bond donors (Lipinski definition) is 1. The summed E-state index contributed by atoms with van der Waals surface area (Å²) in [7, 11) is 0. The van der Waals surface area contributed by atoms with Gasteiger partial charge in [0.05, 0.1) is 11.9 Å². The van der Waals surface area contributed by atoms with Crippen LogP contribution in [0.4, 0.5) is 0 Å². The van der Waals surface area contributed by atoms with E-state index in [4.69, 9.17) is 0 Å². The highest BCUT2D eigenvalue weighted by molar-refractivity contribution is 5.95. The van der Waals surface area contributed by atoms with Gasteiger partial charge in [-0.25, -0.2) is 0 Å². The maximum absolute atomic E-state index is 4.24. The molecule has 0 aliphatic heterocycles. The summed E-state index contributed by atoms with van der Waals surface area (Å²) >= 11 is 0. The Morgan fingerprint density at radius 1 is 0.810 bits per heavy atom. The number of rotatable bonds is 2. The van der Waals surface area contributed by atoms with E-state index >= 15 is 0 Å². The fraction of sp³-hybridized carbons (Fsp3) is 0. The summed E-state index contributed by atoms with van der Waals surface area (Å²) in [6.07, 6.45) is 3.83. The van der Waals surface area contributed by atoms with Crippen LogP contribution in [0.3, 0.4) is 0 Å². The second-order valence-electron chi connectivity index (χ2n) is 4.94. The fourth-order valence-corrected chi connectivity index (χ4v) is 2.57.